The highest BCUT2D eigenvalue weighted by atomic mass is 16.5. The van der Waals surface area contributed by atoms with Crippen LogP contribution in [0.4, 0.5) is 0 Å². The second-order valence-corrected chi connectivity index (χ2v) is 17.3. The number of methoxy groups -OCH3 is 1. The van der Waals surface area contributed by atoms with E-state index in [9.17, 15) is 63.3 Å². The predicted molar refractivity (Wildman–Crippen MR) is 247 cm³/mol. The molecule has 1 aromatic carbocycles. The van der Waals surface area contributed by atoms with Crippen LogP contribution in [0.1, 0.15) is 85.6 Å². The summed E-state index contributed by atoms with van der Waals surface area (Å²) < 4.78 is 5.77. The first-order valence-corrected chi connectivity index (χ1v) is 22.2. The van der Waals surface area contributed by atoms with Crippen LogP contribution in [-0.4, -0.2) is 136 Å². The number of carboxylic acid groups (broad SMARTS) is 3. The molecule has 21 heteroatoms. The molecule has 1 saturated heterocycles. The normalized spacial score (nSPS) is 24.9. The standard InChI is InChI=1S/C47H67N7O14/c1-25(2)21-35-45(63)53-36(47(66)67)24-38(55)49-33(18-20-40(57)58)44(62)50-32(16-15-26(3)22-27(4)37(68-9)23-31-13-11-10-12-14-31)28(5)41(59)51-34(46(64)65)17-19-39(56)54(8)30(7)43(61)48-29(6)42(60)52-35/h10-16,22,25,27-29,32-37H,7,17-21,23-24H2,1-6,8-9H3,(H,48,61)(H,49,55)(H,50,62)(H,51,59)(H,52,60)(H,53,63)(H,57,58)(H,64,65)(H,66,67). The van der Waals surface area contributed by atoms with Gasteiger partial charge in [0, 0.05) is 32.9 Å². The van der Waals surface area contributed by atoms with Crippen LogP contribution in [0.5, 0.6) is 0 Å². The van der Waals surface area contributed by atoms with Gasteiger partial charge in [-0.3, -0.25) is 38.4 Å². The quantitative estimate of drug-likeness (QED) is 0.0935. The van der Waals surface area contributed by atoms with E-state index < -0.39 is 139 Å². The Morgan fingerprint density at radius 2 is 1.43 bits per heavy atom. The molecule has 0 aromatic heterocycles. The molecule has 1 heterocycles. The Labute approximate surface area is 395 Å². The number of allylic oxidation sites excluding steroid dienone is 2. The van der Waals surface area contributed by atoms with Crippen LogP contribution < -0.4 is 31.9 Å². The van der Waals surface area contributed by atoms with Crippen molar-refractivity contribution in [3.63, 3.8) is 0 Å². The van der Waals surface area contributed by atoms with Crippen molar-refractivity contribution in [1.82, 2.24) is 36.8 Å². The number of likely N-dealkylation sites (N-methyl/N-ethyl adjacent to an activating group) is 1. The molecule has 1 aromatic rings. The van der Waals surface area contributed by atoms with Crippen LogP contribution in [0.25, 0.3) is 0 Å². The number of hydrogen-bond donors (Lipinski definition) is 9. The summed E-state index contributed by atoms with van der Waals surface area (Å²) in [6.45, 7) is 13.4. The first-order valence-electron chi connectivity index (χ1n) is 22.2. The van der Waals surface area contributed by atoms with Crippen molar-refractivity contribution in [3.05, 3.63) is 72.0 Å². The molecule has 0 aliphatic carbocycles. The number of benzene rings is 1. The maximum absolute atomic E-state index is 14.0. The number of carbonyl (C=O) groups is 10. The summed E-state index contributed by atoms with van der Waals surface area (Å²) in [5.74, 6) is -12.8. The number of nitrogens with one attached hydrogen (secondary N) is 6. The largest absolute Gasteiger partial charge is 0.481 e. The van der Waals surface area contributed by atoms with Crippen molar-refractivity contribution >= 4 is 59.3 Å². The van der Waals surface area contributed by atoms with Crippen LogP contribution in [-0.2, 0) is 59.1 Å². The molecule has 1 aliphatic rings. The number of carbonyl (C=O) groups excluding carboxylic acids is 7. The van der Waals surface area contributed by atoms with Crippen molar-refractivity contribution in [2.75, 3.05) is 14.2 Å². The highest BCUT2D eigenvalue weighted by Gasteiger charge is 2.34. The molecule has 1 fully saturated rings. The molecule has 7 amide bonds. The van der Waals surface area contributed by atoms with Crippen LogP contribution in [0.3, 0.4) is 0 Å². The van der Waals surface area contributed by atoms with Gasteiger partial charge in [0.15, 0.2) is 0 Å². The van der Waals surface area contributed by atoms with E-state index in [0.29, 0.717) is 12.0 Å². The fourth-order valence-corrected chi connectivity index (χ4v) is 7.02. The molecule has 1 aliphatic heterocycles. The SMILES string of the molecule is C=C1C(=O)NC(C)C(=O)NC(CC(C)C)C(=O)NC(C(=O)O)CC(=O)NC(CCC(=O)O)C(=O)NC(C=CC(C)=CC(C)C(Cc2ccccc2)OC)C(C)C(=O)NC(C(=O)O)CCC(=O)N1C. The molecular formula is C47H67N7O14. The summed E-state index contributed by atoms with van der Waals surface area (Å²) in [4.78, 5) is 132. The summed E-state index contributed by atoms with van der Waals surface area (Å²) >= 11 is 0. The third-order valence-electron chi connectivity index (χ3n) is 11.2. The molecular weight excluding hydrogens is 887 g/mol. The third-order valence-corrected chi connectivity index (χ3v) is 11.2. The van der Waals surface area contributed by atoms with E-state index in [4.69, 9.17) is 4.74 Å². The Kier molecular flexibility index (Phi) is 23.3. The van der Waals surface area contributed by atoms with E-state index in [1.807, 2.05) is 43.3 Å². The highest BCUT2D eigenvalue weighted by Crippen LogP contribution is 2.18. The fourth-order valence-electron chi connectivity index (χ4n) is 7.02. The molecule has 0 spiro atoms. The number of rotatable bonds is 14. The zero-order valence-electron chi connectivity index (χ0n) is 39.8. The van der Waals surface area contributed by atoms with Crippen molar-refractivity contribution in [2.45, 2.75) is 129 Å². The van der Waals surface area contributed by atoms with Gasteiger partial charge >= 0.3 is 17.9 Å². The van der Waals surface area contributed by atoms with Gasteiger partial charge in [-0.25, -0.2) is 9.59 Å². The minimum absolute atomic E-state index is 0.0167. The molecule has 0 radical (unpaired) electrons. The number of carboxylic acids is 3. The average molecular weight is 954 g/mol. The minimum Gasteiger partial charge on any atom is -0.481 e. The van der Waals surface area contributed by atoms with Gasteiger partial charge in [0.05, 0.1) is 24.5 Å². The van der Waals surface area contributed by atoms with E-state index in [1.54, 1.807) is 34.0 Å². The van der Waals surface area contributed by atoms with Gasteiger partial charge in [0.25, 0.3) is 5.91 Å². The fraction of sp³-hybridized carbons (Fsp3) is 0.532. The summed E-state index contributed by atoms with van der Waals surface area (Å²) in [5.41, 5.74) is 1.29. The second kappa shape index (κ2) is 27.7. The van der Waals surface area contributed by atoms with Gasteiger partial charge in [-0.1, -0.05) is 88.4 Å². The molecule has 2 rings (SSSR count). The maximum atomic E-state index is 14.0. The Morgan fingerprint density at radius 3 is 2.00 bits per heavy atom. The first kappa shape index (κ1) is 57.2. The lowest BCUT2D eigenvalue weighted by molar-refractivity contribution is -0.144. The summed E-state index contributed by atoms with van der Waals surface area (Å²) in [6, 6.07) is 0.521. The third kappa shape index (κ3) is 19.1. The zero-order valence-corrected chi connectivity index (χ0v) is 39.8. The molecule has 9 N–H and O–H groups in total. The highest BCUT2D eigenvalue weighted by molar-refractivity contribution is 6.00. The first-order chi connectivity index (χ1) is 31.8. The monoisotopic (exact) mass is 953 g/mol. The van der Waals surface area contributed by atoms with E-state index in [-0.39, 0.29) is 24.4 Å². The lowest BCUT2D eigenvalue weighted by atomic mass is 9.94. The predicted octanol–water partition coefficient (Wildman–Crippen LogP) is 1.18. The van der Waals surface area contributed by atoms with E-state index in [0.717, 1.165) is 10.5 Å². The van der Waals surface area contributed by atoms with Gasteiger partial charge in [-0.2, -0.15) is 0 Å². The summed E-state index contributed by atoms with van der Waals surface area (Å²) in [6.07, 6.45) is 2.24. The van der Waals surface area contributed by atoms with Crippen molar-refractivity contribution in [2.24, 2.45) is 17.8 Å². The molecule has 9 atom stereocenters. The minimum atomic E-state index is -1.91. The molecule has 0 saturated carbocycles. The Balaban J connectivity index is 2.66. The van der Waals surface area contributed by atoms with Crippen molar-refractivity contribution in [1.29, 1.82) is 0 Å². The Morgan fingerprint density at radius 1 is 0.824 bits per heavy atom. The number of hydrogen-bond acceptors (Lipinski definition) is 11. The summed E-state index contributed by atoms with van der Waals surface area (Å²) in [7, 11) is 2.78. The van der Waals surface area contributed by atoms with Crippen LogP contribution in [0, 0.1) is 17.8 Å². The Bertz CT molecular complexity index is 2070. The number of aliphatic carboxylic acids is 3. The van der Waals surface area contributed by atoms with Crippen molar-refractivity contribution in [3.8, 4) is 0 Å². The van der Waals surface area contributed by atoms with E-state index in [1.165, 1.54) is 27.0 Å². The molecule has 21 nitrogen and oxygen atoms in total. The average Bonchev–Trinajstić information content (AvgIpc) is 3.27. The Hall–Kier alpha value is -6.90. The van der Waals surface area contributed by atoms with Gasteiger partial charge < -0.3 is 56.9 Å². The number of ether oxygens (including phenoxy) is 1. The van der Waals surface area contributed by atoms with E-state index in [2.05, 4.69) is 38.5 Å². The van der Waals surface area contributed by atoms with Gasteiger partial charge in [0.1, 0.15) is 35.9 Å². The number of amides is 7. The molecule has 374 valence electrons. The van der Waals surface area contributed by atoms with Gasteiger partial charge in [0.2, 0.25) is 35.4 Å². The summed E-state index contributed by atoms with van der Waals surface area (Å²) in [5, 5.41) is 44.0. The topological polar surface area (TPSA) is 316 Å². The van der Waals surface area contributed by atoms with E-state index >= 15 is 0 Å². The lowest BCUT2D eigenvalue weighted by Crippen LogP contribution is -2.57. The van der Waals surface area contributed by atoms with Gasteiger partial charge in [-0.15, -0.1) is 0 Å². The zero-order chi connectivity index (χ0) is 51.4. The molecule has 0 bridgehead atoms. The lowest BCUT2D eigenvalue weighted by Gasteiger charge is -2.27. The van der Waals surface area contributed by atoms with Crippen LogP contribution >= 0.6 is 0 Å². The van der Waals surface area contributed by atoms with Crippen molar-refractivity contribution < 1.29 is 68.0 Å². The van der Waals surface area contributed by atoms with Crippen LogP contribution in [0.2, 0.25) is 0 Å². The van der Waals surface area contributed by atoms with Gasteiger partial charge in [-0.05, 0) is 51.0 Å². The smallest absolute Gasteiger partial charge is 0.326 e. The van der Waals surface area contributed by atoms with Crippen LogP contribution in [0.15, 0.2) is 66.4 Å². The molecule has 68 heavy (non-hydrogen) atoms. The second-order valence-electron chi connectivity index (χ2n) is 17.3. The molecule has 9 unspecified atom stereocenters. The maximum Gasteiger partial charge on any atom is 0.326 e. The number of nitrogens with zero attached hydrogens (tertiary/aromatic N) is 1.